The van der Waals surface area contributed by atoms with Crippen LogP contribution < -0.4 is 20.7 Å². The first-order valence-corrected chi connectivity index (χ1v) is 6.93. The highest BCUT2D eigenvalue weighted by atomic mass is 19.3. The number of ether oxygens (including phenoxy) is 1. The molecule has 0 radical (unpaired) electrons. The van der Waals surface area contributed by atoms with E-state index in [0.29, 0.717) is 17.1 Å². The van der Waals surface area contributed by atoms with Crippen molar-refractivity contribution in [1.29, 1.82) is 0 Å². The van der Waals surface area contributed by atoms with Crippen LogP contribution in [0.3, 0.4) is 0 Å². The molecule has 2 rings (SSSR count). The molecule has 0 spiro atoms. The van der Waals surface area contributed by atoms with Crippen LogP contribution in [-0.2, 0) is 4.79 Å². The minimum atomic E-state index is -2.90. The Kier molecular flexibility index (Phi) is 5.67. The van der Waals surface area contributed by atoms with Crippen LogP contribution in [0.4, 0.5) is 30.6 Å². The highest BCUT2D eigenvalue weighted by molar-refractivity contribution is 6.00. The Bertz CT molecular complexity index is 704. The van der Waals surface area contributed by atoms with Gasteiger partial charge in [0, 0.05) is 24.0 Å². The highest BCUT2D eigenvalue weighted by Gasteiger charge is 2.06. The van der Waals surface area contributed by atoms with Crippen molar-refractivity contribution in [2.45, 2.75) is 13.5 Å². The Morgan fingerprint density at radius 2 is 1.25 bits per heavy atom. The summed E-state index contributed by atoms with van der Waals surface area (Å²) >= 11 is 0. The van der Waals surface area contributed by atoms with E-state index in [4.69, 9.17) is 0 Å². The summed E-state index contributed by atoms with van der Waals surface area (Å²) in [6, 6.07) is 11.6. The molecule has 0 bridgehead atoms. The van der Waals surface area contributed by atoms with Crippen LogP contribution in [-0.4, -0.2) is 18.5 Å². The van der Waals surface area contributed by atoms with Gasteiger partial charge in [0.15, 0.2) is 0 Å². The zero-order valence-corrected chi connectivity index (χ0v) is 12.7. The van der Waals surface area contributed by atoms with Crippen molar-refractivity contribution in [2.24, 2.45) is 0 Å². The lowest BCUT2D eigenvalue weighted by Gasteiger charge is -2.09. The van der Waals surface area contributed by atoms with Gasteiger partial charge in [0.05, 0.1) is 0 Å². The smallest absolute Gasteiger partial charge is 0.387 e. The average molecular weight is 335 g/mol. The molecule has 2 aromatic carbocycles. The molecular weight excluding hydrogens is 320 g/mol. The van der Waals surface area contributed by atoms with Gasteiger partial charge in [0.1, 0.15) is 5.75 Å². The topological polar surface area (TPSA) is 79.5 Å². The van der Waals surface area contributed by atoms with E-state index in [1.165, 1.54) is 31.2 Å². The number of hydrogen-bond acceptors (Lipinski definition) is 3. The van der Waals surface area contributed by atoms with Gasteiger partial charge in [0.25, 0.3) is 0 Å². The molecular formula is C16H15F2N3O3. The number of benzene rings is 2. The lowest BCUT2D eigenvalue weighted by molar-refractivity contribution is -0.114. The lowest BCUT2D eigenvalue weighted by Crippen LogP contribution is -2.19. The summed E-state index contributed by atoms with van der Waals surface area (Å²) in [5, 5.41) is 7.77. The molecule has 3 N–H and O–H groups in total. The normalized spacial score (nSPS) is 10.2. The summed E-state index contributed by atoms with van der Waals surface area (Å²) < 4.78 is 28.3. The number of alkyl halides is 2. The Morgan fingerprint density at radius 3 is 1.67 bits per heavy atom. The van der Waals surface area contributed by atoms with Crippen LogP contribution in [0.5, 0.6) is 5.75 Å². The van der Waals surface area contributed by atoms with Gasteiger partial charge in [-0.3, -0.25) is 4.79 Å². The average Bonchev–Trinajstić information content (AvgIpc) is 2.50. The molecule has 3 amide bonds. The Morgan fingerprint density at radius 1 is 0.833 bits per heavy atom. The van der Waals surface area contributed by atoms with Crippen molar-refractivity contribution >= 4 is 29.0 Å². The summed E-state index contributed by atoms with van der Waals surface area (Å²) in [6.45, 7) is -1.50. The van der Waals surface area contributed by atoms with Gasteiger partial charge in [-0.05, 0) is 48.5 Å². The first kappa shape index (κ1) is 17.2. The van der Waals surface area contributed by atoms with Gasteiger partial charge < -0.3 is 20.7 Å². The SMILES string of the molecule is CC(=O)Nc1ccc(NC(=O)Nc2ccc(OC(F)F)cc2)cc1. The molecule has 0 saturated carbocycles. The Hall–Kier alpha value is -3.16. The molecule has 0 fully saturated rings. The summed E-state index contributed by atoms with van der Waals surface area (Å²) in [6.07, 6.45) is 0. The molecule has 0 heterocycles. The standard InChI is InChI=1S/C16H15F2N3O3/c1-10(22)19-11-2-4-12(5-3-11)20-16(23)21-13-6-8-14(9-7-13)24-15(17)18/h2-9,15H,1H3,(H,19,22)(H2,20,21,23). The number of anilines is 3. The number of hydrogen-bond donors (Lipinski definition) is 3. The van der Waals surface area contributed by atoms with Gasteiger partial charge in [0.2, 0.25) is 5.91 Å². The molecule has 0 aliphatic rings. The molecule has 0 atom stereocenters. The van der Waals surface area contributed by atoms with E-state index >= 15 is 0 Å². The number of rotatable bonds is 5. The molecule has 0 aromatic heterocycles. The maximum atomic E-state index is 12.0. The first-order chi connectivity index (χ1) is 11.4. The third-order valence-corrected chi connectivity index (χ3v) is 2.80. The molecule has 0 aliphatic carbocycles. The number of nitrogens with one attached hydrogen (secondary N) is 3. The molecule has 8 heteroatoms. The van der Waals surface area contributed by atoms with E-state index in [1.54, 1.807) is 24.3 Å². The summed E-state index contributed by atoms with van der Waals surface area (Å²) in [7, 11) is 0. The number of amides is 3. The second-order valence-corrected chi connectivity index (χ2v) is 4.74. The molecule has 0 saturated heterocycles. The van der Waals surface area contributed by atoms with E-state index in [0.717, 1.165) is 0 Å². The van der Waals surface area contributed by atoms with E-state index < -0.39 is 12.6 Å². The second-order valence-electron chi connectivity index (χ2n) is 4.74. The number of halogens is 2. The van der Waals surface area contributed by atoms with E-state index in [2.05, 4.69) is 20.7 Å². The summed E-state index contributed by atoms with van der Waals surface area (Å²) in [5.74, 6) is -0.183. The minimum Gasteiger partial charge on any atom is -0.435 e. The Balaban J connectivity index is 1.89. The third kappa shape index (κ3) is 5.56. The zero-order valence-electron chi connectivity index (χ0n) is 12.7. The zero-order chi connectivity index (χ0) is 17.5. The quantitative estimate of drug-likeness (QED) is 0.775. The van der Waals surface area contributed by atoms with Crippen molar-refractivity contribution in [2.75, 3.05) is 16.0 Å². The maximum absolute atomic E-state index is 12.0. The third-order valence-electron chi connectivity index (χ3n) is 2.80. The number of urea groups is 1. The molecule has 0 unspecified atom stereocenters. The van der Waals surface area contributed by atoms with Crippen molar-refractivity contribution in [1.82, 2.24) is 0 Å². The van der Waals surface area contributed by atoms with Crippen LogP contribution in [0.15, 0.2) is 48.5 Å². The van der Waals surface area contributed by atoms with Gasteiger partial charge in [-0.15, -0.1) is 0 Å². The summed E-state index contributed by atoms with van der Waals surface area (Å²) in [4.78, 5) is 22.8. The van der Waals surface area contributed by atoms with E-state index in [-0.39, 0.29) is 11.7 Å². The van der Waals surface area contributed by atoms with Crippen LogP contribution >= 0.6 is 0 Å². The van der Waals surface area contributed by atoms with Crippen LogP contribution in [0.2, 0.25) is 0 Å². The fourth-order valence-electron chi connectivity index (χ4n) is 1.85. The fourth-order valence-corrected chi connectivity index (χ4v) is 1.85. The highest BCUT2D eigenvalue weighted by Crippen LogP contribution is 2.18. The molecule has 0 aliphatic heterocycles. The van der Waals surface area contributed by atoms with Gasteiger partial charge >= 0.3 is 12.6 Å². The van der Waals surface area contributed by atoms with Gasteiger partial charge in [-0.25, -0.2) is 4.79 Å². The van der Waals surface area contributed by atoms with E-state index in [1.807, 2.05) is 0 Å². The van der Waals surface area contributed by atoms with Crippen molar-refractivity contribution < 1.29 is 23.1 Å². The van der Waals surface area contributed by atoms with Crippen LogP contribution in [0, 0.1) is 0 Å². The number of carbonyl (C=O) groups excluding carboxylic acids is 2. The maximum Gasteiger partial charge on any atom is 0.387 e. The minimum absolute atomic E-state index is 0.00418. The van der Waals surface area contributed by atoms with Crippen molar-refractivity contribution in [3.05, 3.63) is 48.5 Å². The van der Waals surface area contributed by atoms with Gasteiger partial charge in [-0.2, -0.15) is 8.78 Å². The van der Waals surface area contributed by atoms with Crippen molar-refractivity contribution in [3.63, 3.8) is 0 Å². The molecule has 6 nitrogen and oxygen atoms in total. The predicted octanol–water partition coefficient (Wildman–Crippen LogP) is 3.89. The molecule has 126 valence electrons. The largest absolute Gasteiger partial charge is 0.435 e. The molecule has 2 aromatic rings. The summed E-state index contributed by atoms with van der Waals surface area (Å²) in [5.41, 5.74) is 1.56. The van der Waals surface area contributed by atoms with Crippen LogP contribution in [0.1, 0.15) is 6.92 Å². The first-order valence-electron chi connectivity index (χ1n) is 6.93. The Labute approximate surface area is 136 Å². The monoisotopic (exact) mass is 335 g/mol. The van der Waals surface area contributed by atoms with E-state index in [9.17, 15) is 18.4 Å². The van der Waals surface area contributed by atoms with Gasteiger partial charge in [-0.1, -0.05) is 0 Å². The van der Waals surface area contributed by atoms with Crippen LogP contribution in [0.25, 0.3) is 0 Å². The lowest BCUT2D eigenvalue weighted by atomic mass is 10.2. The second kappa shape index (κ2) is 7.91. The number of carbonyl (C=O) groups is 2. The fraction of sp³-hybridized carbons (Fsp3) is 0.125. The molecule has 24 heavy (non-hydrogen) atoms. The predicted molar refractivity (Wildman–Crippen MR) is 86.5 cm³/mol. The van der Waals surface area contributed by atoms with Crippen molar-refractivity contribution in [3.8, 4) is 5.75 Å².